The number of nitrogens with zero attached hydrogens (tertiary/aromatic N) is 1. The van der Waals surface area contributed by atoms with Gasteiger partial charge in [0.2, 0.25) is 0 Å². The van der Waals surface area contributed by atoms with Gasteiger partial charge >= 0.3 is 5.16 Å². The van der Waals surface area contributed by atoms with Crippen LogP contribution < -0.4 is 4.57 Å². The van der Waals surface area contributed by atoms with Gasteiger partial charge in [0.1, 0.15) is 25.0 Å². The first-order chi connectivity index (χ1) is 4.86. The molecule has 0 aliphatic carbocycles. The van der Waals surface area contributed by atoms with Crippen LogP contribution in [0, 0.1) is 0 Å². The summed E-state index contributed by atoms with van der Waals surface area (Å²) in [6.45, 7) is 0.728. The molecule has 0 saturated heterocycles. The van der Waals surface area contributed by atoms with Gasteiger partial charge in [0.25, 0.3) is 0 Å². The lowest BCUT2D eigenvalue weighted by Gasteiger charge is -2.11. The number of rotatable bonds is 0. The molecule has 54 valence electrons. The number of H-pyrrole nitrogens is 1. The normalized spacial score (nSPS) is 24.3. The predicted molar refractivity (Wildman–Crippen MR) is 37.7 cm³/mol. The highest BCUT2D eigenvalue weighted by Crippen LogP contribution is 2.16. The van der Waals surface area contributed by atoms with Crippen LogP contribution in [0.3, 0.4) is 0 Å². The molecule has 0 fully saturated rings. The fourth-order valence-corrected chi connectivity index (χ4v) is 1.98. The smallest absolute Gasteiger partial charge is 0.315 e. The number of aliphatic hydroxyl groups excluding tert-OH is 1. The summed E-state index contributed by atoms with van der Waals surface area (Å²) >= 11 is 1.66. The molecule has 1 aliphatic rings. The molecule has 0 spiro atoms. The summed E-state index contributed by atoms with van der Waals surface area (Å²) in [7, 11) is 0. The number of nitrogens with one attached hydrogen (secondary N) is 1. The van der Waals surface area contributed by atoms with Crippen LogP contribution in [0.15, 0.2) is 17.6 Å². The minimum atomic E-state index is -0.182. The van der Waals surface area contributed by atoms with Crippen LogP contribution in [0.5, 0.6) is 0 Å². The standard InChI is InChI=1S/C6H8N2OS/c9-5-3-8-2-1-7-6(8)10-4-5/h1-2,5,9H,3-4H2/p+1/t5-/m0/s1. The number of hydrogen-bond donors (Lipinski definition) is 2. The van der Waals surface area contributed by atoms with Crippen molar-refractivity contribution in [3.05, 3.63) is 12.4 Å². The monoisotopic (exact) mass is 157 g/mol. The van der Waals surface area contributed by atoms with Gasteiger partial charge in [-0.15, -0.1) is 0 Å². The van der Waals surface area contributed by atoms with E-state index in [1.165, 1.54) is 0 Å². The molecular weight excluding hydrogens is 148 g/mol. The lowest BCUT2D eigenvalue weighted by Crippen LogP contribution is -2.44. The summed E-state index contributed by atoms with van der Waals surface area (Å²) in [6.07, 6.45) is 3.66. The average Bonchev–Trinajstić information content (AvgIpc) is 2.33. The fraction of sp³-hybridized carbons (Fsp3) is 0.500. The van der Waals surface area contributed by atoms with Crippen LogP contribution >= 0.6 is 11.8 Å². The number of fused-ring (bicyclic) bond motifs is 1. The van der Waals surface area contributed by atoms with Crippen molar-refractivity contribution in [1.29, 1.82) is 0 Å². The van der Waals surface area contributed by atoms with Gasteiger partial charge in [0.05, 0.1) is 0 Å². The second-order valence-electron chi connectivity index (χ2n) is 2.38. The number of hydrogen-bond acceptors (Lipinski definition) is 2. The lowest BCUT2D eigenvalue weighted by molar-refractivity contribution is -0.739. The zero-order valence-electron chi connectivity index (χ0n) is 5.45. The number of aromatic nitrogens is 2. The maximum atomic E-state index is 9.22. The molecule has 0 saturated carbocycles. The Bertz CT molecular complexity index is 235. The zero-order valence-corrected chi connectivity index (χ0v) is 6.27. The summed E-state index contributed by atoms with van der Waals surface area (Å²) in [5.41, 5.74) is 0. The Labute approximate surface area is 63.1 Å². The average molecular weight is 157 g/mol. The van der Waals surface area contributed by atoms with E-state index in [4.69, 9.17) is 0 Å². The quantitative estimate of drug-likeness (QED) is 0.511. The summed E-state index contributed by atoms with van der Waals surface area (Å²) in [5, 5.41) is 10.4. The van der Waals surface area contributed by atoms with Crippen LogP contribution in [0.25, 0.3) is 0 Å². The first-order valence-corrected chi connectivity index (χ1v) is 4.22. The molecule has 3 nitrogen and oxygen atoms in total. The molecule has 0 aromatic carbocycles. The van der Waals surface area contributed by atoms with Gasteiger partial charge in [-0.25, -0.2) is 9.55 Å². The third-order valence-corrected chi connectivity index (χ3v) is 2.72. The van der Waals surface area contributed by atoms with E-state index in [1.54, 1.807) is 11.8 Å². The van der Waals surface area contributed by atoms with Crippen molar-refractivity contribution in [2.24, 2.45) is 0 Å². The summed E-state index contributed by atoms with van der Waals surface area (Å²) < 4.78 is 2.03. The molecule has 1 aromatic heterocycles. The molecular formula is C6H9N2OS+. The summed E-state index contributed by atoms with van der Waals surface area (Å²) in [4.78, 5) is 3.09. The molecule has 0 bridgehead atoms. The maximum absolute atomic E-state index is 9.22. The molecule has 1 aliphatic heterocycles. The Balaban J connectivity index is 2.30. The van der Waals surface area contributed by atoms with Crippen molar-refractivity contribution in [2.45, 2.75) is 17.8 Å². The predicted octanol–water partition coefficient (Wildman–Crippen LogP) is -0.231. The van der Waals surface area contributed by atoms with E-state index < -0.39 is 0 Å². The number of imidazole rings is 1. The van der Waals surface area contributed by atoms with Crippen LogP contribution in [0.1, 0.15) is 0 Å². The van der Waals surface area contributed by atoms with Crippen LogP contribution in [-0.4, -0.2) is 21.9 Å². The molecule has 0 amide bonds. The van der Waals surface area contributed by atoms with Crippen LogP contribution in [-0.2, 0) is 6.54 Å². The molecule has 2 N–H and O–H groups in total. The Kier molecular flexibility index (Phi) is 1.43. The Morgan fingerprint density at radius 3 is 3.60 bits per heavy atom. The van der Waals surface area contributed by atoms with Gasteiger partial charge in [-0.3, -0.25) is 0 Å². The van der Waals surface area contributed by atoms with Crippen molar-refractivity contribution in [2.75, 3.05) is 5.75 Å². The first kappa shape index (κ1) is 6.24. The molecule has 1 aromatic rings. The van der Waals surface area contributed by atoms with E-state index in [2.05, 4.69) is 4.98 Å². The Morgan fingerprint density at radius 2 is 2.70 bits per heavy atom. The molecule has 2 heterocycles. The third-order valence-electron chi connectivity index (χ3n) is 1.54. The second kappa shape index (κ2) is 2.29. The molecule has 10 heavy (non-hydrogen) atoms. The van der Waals surface area contributed by atoms with Crippen molar-refractivity contribution in [3.63, 3.8) is 0 Å². The van der Waals surface area contributed by atoms with Crippen molar-refractivity contribution < 1.29 is 9.67 Å². The topological polar surface area (TPSA) is 39.9 Å². The number of thioether (sulfide) groups is 1. The summed E-state index contributed by atoms with van der Waals surface area (Å²) in [6, 6.07) is 0. The van der Waals surface area contributed by atoms with Gasteiger partial charge in [-0.2, -0.15) is 0 Å². The highest BCUT2D eigenvalue weighted by atomic mass is 32.2. The summed E-state index contributed by atoms with van der Waals surface area (Å²) in [5.74, 6) is 0.806. The van der Waals surface area contributed by atoms with E-state index in [1.807, 2.05) is 17.0 Å². The van der Waals surface area contributed by atoms with E-state index in [9.17, 15) is 5.11 Å². The minimum absolute atomic E-state index is 0.182. The van der Waals surface area contributed by atoms with E-state index >= 15 is 0 Å². The second-order valence-corrected chi connectivity index (χ2v) is 3.39. The van der Waals surface area contributed by atoms with Gasteiger partial charge in [-0.1, -0.05) is 0 Å². The molecule has 0 unspecified atom stereocenters. The zero-order chi connectivity index (χ0) is 6.97. The Hall–Kier alpha value is -0.480. The number of aromatic amines is 1. The highest BCUT2D eigenvalue weighted by Gasteiger charge is 2.22. The number of aliphatic hydroxyl groups is 1. The fourth-order valence-electron chi connectivity index (χ4n) is 1.07. The third kappa shape index (κ3) is 0.932. The molecule has 0 radical (unpaired) electrons. The molecule has 1 atom stereocenters. The van der Waals surface area contributed by atoms with E-state index in [0.717, 1.165) is 17.5 Å². The molecule has 4 heteroatoms. The van der Waals surface area contributed by atoms with Gasteiger partial charge in [-0.05, 0) is 11.8 Å². The van der Waals surface area contributed by atoms with E-state index in [0.29, 0.717) is 0 Å². The van der Waals surface area contributed by atoms with Gasteiger partial charge in [0, 0.05) is 5.75 Å². The van der Waals surface area contributed by atoms with Crippen molar-refractivity contribution in [3.8, 4) is 0 Å². The lowest BCUT2D eigenvalue weighted by atomic mass is 10.4. The Morgan fingerprint density at radius 1 is 1.80 bits per heavy atom. The highest BCUT2D eigenvalue weighted by molar-refractivity contribution is 7.99. The van der Waals surface area contributed by atoms with Gasteiger partial charge in [0.15, 0.2) is 0 Å². The minimum Gasteiger partial charge on any atom is -0.388 e. The molecule has 2 rings (SSSR count). The van der Waals surface area contributed by atoms with Crippen LogP contribution in [0.2, 0.25) is 0 Å². The SMILES string of the molecule is O[C@@H]1CSc2[nH]cc[n+]2C1. The van der Waals surface area contributed by atoms with Gasteiger partial charge < -0.3 is 5.11 Å². The first-order valence-electron chi connectivity index (χ1n) is 3.24. The largest absolute Gasteiger partial charge is 0.388 e. The van der Waals surface area contributed by atoms with Crippen LogP contribution in [0.4, 0.5) is 0 Å². The maximum Gasteiger partial charge on any atom is 0.315 e. The van der Waals surface area contributed by atoms with Crippen molar-refractivity contribution >= 4 is 11.8 Å². The van der Waals surface area contributed by atoms with Crippen molar-refractivity contribution in [1.82, 2.24) is 4.98 Å². The van der Waals surface area contributed by atoms with E-state index in [-0.39, 0.29) is 6.10 Å².